The second-order valence-corrected chi connectivity index (χ2v) is 2.91. The molecule has 0 aromatic heterocycles. The van der Waals surface area contributed by atoms with Crippen molar-refractivity contribution < 1.29 is 11.0 Å². The van der Waals surface area contributed by atoms with E-state index >= 15 is 0 Å². The lowest BCUT2D eigenvalue weighted by atomic mass is 10.0. The molecule has 1 N–H and O–H groups in total. The zero-order chi connectivity index (χ0) is 10.1. The zero-order valence-electron chi connectivity index (χ0n) is 7.99. The van der Waals surface area contributed by atoms with E-state index in [1.54, 1.807) is 24.3 Å². The predicted molar refractivity (Wildman–Crippen MR) is 47.7 cm³/mol. The number of nitrogens with one attached hydrogen (secondary N) is 1. The van der Waals surface area contributed by atoms with Gasteiger partial charge in [0.05, 0.1) is 5.56 Å². The molecule has 13 heavy (non-hydrogen) atoms. The molecule has 1 aromatic rings. The number of Topliss-reactive ketones (excluding diaryl/α,β-unsaturated/α-hetero) is 1. The minimum absolute atomic E-state index is 0.0660. The van der Waals surface area contributed by atoms with Crippen LogP contribution in [0.2, 0.25) is 1.41 Å². The molecule has 0 radical (unpaired) electrons. The van der Waals surface area contributed by atoms with Crippen molar-refractivity contribution in [2.24, 2.45) is 0 Å². The Balaban J connectivity index is 2.57. The predicted octanol–water partition coefficient (Wildman–Crippen LogP) is 1.00. The first kappa shape index (κ1) is 6.83. The number of hydrogen-bond donors (Lipinski definition) is 1. The fourth-order valence-corrected chi connectivity index (χ4v) is 1.39. The number of ketones is 1. The molecule has 0 unspecified atom stereocenters. The van der Waals surface area contributed by atoms with Crippen LogP contribution in [0.1, 0.15) is 27.1 Å². The summed E-state index contributed by atoms with van der Waals surface area (Å²) >= 11 is 0. The van der Waals surface area contributed by atoms with Gasteiger partial charge >= 0.3 is 0 Å². The van der Waals surface area contributed by atoms with Crippen LogP contribution in [0.5, 0.6) is 0 Å². The maximum Gasteiger partial charge on any atom is 0.252 e. The van der Waals surface area contributed by atoms with Crippen molar-refractivity contribution in [1.29, 1.82) is 0 Å². The van der Waals surface area contributed by atoms with Crippen LogP contribution in [0.3, 0.4) is 0 Å². The molecule has 3 nitrogen and oxygen atoms in total. The number of amides is 1. The van der Waals surface area contributed by atoms with Gasteiger partial charge in [0.15, 0.2) is 7.20 Å². The summed E-state index contributed by atoms with van der Waals surface area (Å²) in [7, 11) is 0. The average Bonchev–Trinajstić information content (AvgIpc) is 2.33. The Morgan fingerprint density at radius 2 is 1.92 bits per heavy atom. The van der Waals surface area contributed by atoms with E-state index in [1.807, 2.05) is 0 Å². The van der Waals surface area contributed by atoms with Gasteiger partial charge < -0.3 is 5.31 Å². The minimum Gasteiger partial charge on any atom is -0.352 e. The summed E-state index contributed by atoms with van der Waals surface area (Å²) in [6, 6.07) is 6.64. The SMILES string of the molecule is [2H]N1CCC(=O)c2ccccc2C1=O. The summed E-state index contributed by atoms with van der Waals surface area (Å²) in [6.45, 7) is 0.173. The highest BCUT2D eigenvalue weighted by atomic mass is 16.2. The fraction of sp³-hybridized carbons (Fsp3) is 0.200. The number of rotatable bonds is 0. The molecule has 0 saturated carbocycles. The van der Waals surface area contributed by atoms with Crippen LogP contribution >= 0.6 is 0 Å². The Hall–Kier alpha value is -1.64. The van der Waals surface area contributed by atoms with E-state index in [-0.39, 0.29) is 18.7 Å². The number of benzene rings is 1. The second kappa shape index (κ2) is 3.01. The monoisotopic (exact) mass is 176 g/mol. The summed E-state index contributed by atoms with van der Waals surface area (Å²) in [5, 5.41) is 0.837. The largest absolute Gasteiger partial charge is 0.352 e. The molecule has 1 aliphatic heterocycles. The molecule has 2 rings (SSSR count). The van der Waals surface area contributed by atoms with Crippen LogP contribution < -0.4 is 5.31 Å². The minimum atomic E-state index is -0.397. The summed E-state index contributed by atoms with van der Waals surface area (Å²) < 4.78 is 7.37. The highest BCUT2D eigenvalue weighted by Crippen LogP contribution is 2.13. The van der Waals surface area contributed by atoms with Crippen molar-refractivity contribution in [1.82, 2.24) is 5.31 Å². The van der Waals surface area contributed by atoms with Gasteiger partial charge in [-0.1, -0.05) is 18.2 Å². The van der Waals surface area contributed by atoms with Gasteiger partial charge in [-0.2, -0.15) is 0 Å². The topological polar surface area (TPSA) is 46.2 Å². The molecule has 1 amide bonds. The maximum absolute atomic E-state index is 11.6. The van der Waals surface area contributed by atoms with Crippen molar-refractivity contribution in [3.8, 4) is 0 Å². The third-order valence-electron chi connectivity index (χ3n) is 2.05. The molecule has 1 aromatic carbocycles. The summed E-state index contributed by atoms with van der Waals surface area (Å²) in [5.41, 5.74) is 0.775. The number of hydrogen-bond acceptors (Lipinski definition) is 2. The summed E-state index contributed by atoms with van der Waals surface area (Å²) in [5.74, 6) is -0.463. The van der Waals surface area contributed by atoms with E-state index in [4.69, 9.17) is 1.41 Å². The van der Waals surface area contributed by atoms with Crippen LogP contribution in [-0.2, 0) is 0 Å². The van der Waals surface area contributed by atoms with Gasteiger partial charge in [-0.05, 0) is 6.07 Å². The van der Waals surface area contributed by atoms with E-state index in [9.17, 15) is 9.59 Å². The zero-order valence-corrected chi connectivity index (χ0v) is 6.99. The van der Waals surface area contributed by atoms with Gasteiger partial charge in [0.1, 0.15) is 0 Å². The van der Waals surface area contributed by atoms with Gasteiger partial charge in [-0.25, -0.2) is 0 Å². The Morgan fingerprint density at radius 3 is 2.69 bits per heavy atom. The Bertz CT molecular complexity index is 403. The lowest BCUT2D eigenvalue weighted by molar-refractivity contribution is 0.0956. The molecule has 0 aliphatic carbocycles. The van der Waals surface area contributed by atoms with Crippen LogP contribution in [0.15, 0.2) is 24.3 Å². The normalized spacial score (nSPS) is 17.8. The van der Waals surface area contributed by atoms with Crippen molar-refractivity contribution in [3.63, 3.8) is 0 Å². The molecule has 1 aliphatic rings. The molecule has 0 saturated heterocycles. The van der Waals surface area contributed by atoms with Crippen molar-refractivity contribution in [3.05, 3.63) is 35.4 Å². The lowest BCUT2D eigenvalue weighted by Gasteiger charge is -2.00. The van der Waals surface area contributed by atoms with Crippen LogP contribution in [0, 0.1) is 0 Å². The van der Waals surface area contributed by atoms with Crippen LogP contribution in [-0.4, -0.2) is 18.2 Å². The molecular formula is C10H9NO2. The van der Waals surface area contributed by atoms with Crippen molar-refractivity contribution >= 4 is 11.7 Å². The van der Waals surface area contributed by atoms with E-state index in [0.29, 0.717) is 11.1 Å². The van der Waals surface area contributed by atoms with Crippen molar-refractivity contribution in [2.45, 2.75) is 6.42 Å². The molecule has 0 fully saturated rings. The molecular weight excluding hydrogens is 166 g/mol. The molecule has 0 bridgehead atoms. The highest BCUT2D eigenvalue weighted by molar-refractivity contribution is 6.09. The third-order valence-corrected chi connectivity index (χ3v) is 2.05. The van der Waals surface area contributed by atoms with Gasteiger partial charge in [0.2, 0.25) is 0 Å². The van der Waals surface area contributed by atoms with Crippen LogP contribution in [0.4, 0.5) is 0 Å². The van der Waals surface area contributed by atoms with E-state index < -0.39 is 5.91 Å². The molecule has 0 spiro atoms. The number of carbonyl (C=O) groups is 2. The third kappa shape index (κ3) is 1.33. The summed E-state index contributed by atoms with van der Waals surface area (Å²) in [4.78, 5) is 23.1. The first-order valence-corrected chi connectivity index (χ1v) is 4.13. The Labute approximate surface area is 77.2 Å². The first-order chi connectivity index (χ1) is 6.70. The Morgan fingerprint density at radius 1 is 1.23 bits per heavy atom. The number of fused-ring (bicyclic) bond motifs is 1. The van der Waals surface area contributed by atoms with Gasteiger partial charge in [0, 0.05) is 18.5 Å². The number of carbonyl (C=O) groups excluding carboxylic acids is 2. The van der Waals surface area contributed by atoms with Gasteiger partial charge in [-0.15, -0.1) is 0 Å². The van der Waals surface area contributed by atoms with Gasteiger partial charge in [-0.3, -0.25) is 9.59 Å². The maximum atomic E-state index is 11.6. The molecule has 3 heteroatoms. The quantitative estimate of drug-likeness (QED) is 0.641. The molecule has 0 atom stereocenters. The Kier molecular flexibility index (Phi) is 1.58. The van der Waals surface area contributed by atoms with E-state index in [2.05, 4.69) is 0 Å². The van der Waals surface area contributed by atoms with Crippen molar-refractivity contribution in [2.75, 3.05) is 6.54 Å². The van der Waals surface area contributed by atoms with Gasteiger partial charge in [0.25, 0.3) is 5.91 Å². The smallest absolute Gasteiger partial charge is 0.252 e. The standard InChI is InChI=1S/C10H9NO2/c12-9-5-6-11-10(13)8-4-2-1-3-7(8)9/h1-4H,5-6H2,(H,11,13)/i/hD. The average molecular weight is 176 g/mol. The summed E-state index contributed by atoms with van der Waals surface area (Å²) in [6.07, 6.45) is 0.228. The van der Waals surface area contributed by atoms with E-state index in [0.717, 1.165) is 5.31 Å². The first-order valence-electron chi connectivity index (χ1n) is 4.58. The fourth-order valence-electron chi connectivity index (χ4n) is 1.39. The lowest BCUT2D eigenvalue weighted by Crippen LogP contribution is -2.22. The highest BCUT2D eigenvalue weighted by Gasteiger charge is 2.19. The van der Waals surface area contributed by atoms with E-state index in [1.165, 1.54) is 0 Å². The second-order valence-electron chi connectivity index (χ2n) is 2.91. The molecule has 1 heterocycles. The van der Waals surface area contributed by atoms with Crippen LogP contribution in [0.25, 0.3) is 0 Å². The molecule has 66 valence electrons.